The van der Waals surface area contributed by atoms with E-state index >= 15 is 0 Å². The molecule has 0 bridgehead atoms. The second kappa shape index (κ2) is 4.39. The van der Waals surface area contributed by atoms with Crippen molar-refractivity contribution in [2.24, 2.45) is 5.41 Å². The number of aliphatic hydroxyl groups excluding tert-OH is 1. The molecule has 0 aromatic heterocycles. The van der Waals surface area contributed by atoms with E-state index in [0.717, 1.165) is 19.8 Å². The van der Waals surface area contributed by atoms with Crippen molar-refractivity contribution >= 4 is 11.8 Å². The van der Waals surface area contributed by atoms with Gasteiger partial charge in [-0.2, -0.15) is 11.8 Å². The van der Waals surface area contributed by atoms with E-state index in [-0.39, 0.29) is 12.0 Å². The van der Waals surface area contributed by atoms with Crippen LogP contribution < -0.4 is 0 Å². The summed E-state index contributed by atoms with van der Waals surface area (Å²) in [6, 6.07) is 0.712. The zero-order chi connectivity index (χ0) is 10.0. The lowest BCUT2D eigenvalue weighted by atomic mass is 9.86. The quantitative estimate of drug-likeness (QED) is 0.740. The van der Waals surface area contributed by atoms with Gasteiger partial charge in [-0.3, -0.25) is 0 Å². The predicted molar refractivity (Wildman–Crippen MR) is 58.7 cm³/mol. The molecule has 0 saturated carbocycles. The Balaban J connectivity index is 1.83. The van der Waals surface area contributed by atoms with Crippen molar-refractivity contribution < 1.29 is 9.84 Å². The molecule has 0 amide bonds. The molecule has 2 fully saturated rings. The zero-order valence-electron chi connectivity index (χ0n) is 8.74. The Morgan fingerprint density at radius 3 is 2.79 bits per heavy atom. The minimum absolute atomic E-state index is 0.0437. The average molecular weight is 217 g/mol. The number of ether oxygens (including phenoxy) is 1. The Bertz CT molecular complexity index is 185. The van der Waals surface area contributed by atoms with E-state index in [1.165, 1.54) is 17.9 Å². The Morgan fingerprint density at radius 1 is 1.57 bits per heavy atom. The van der Waals surface area contributed by atoms with Gasteiger partial charge in [0.1, 0.15) is 0 Å². The second-order valence-electron chi connectivity index (χ2n) is 4.58. The van der Waals surface area contributed by atoms with Crippen molar-refractivity contribution in [2.75, 3.05) is 44.9 Å². The van der Waals surface area contributed by atoms with Crippen molar-refractivity contribution in [1.82, 2.24) is 4.90 Å². The normalized spacial score (nSPS) is 30.6. The van der Waals surface area contributed by atoms with Crippen LogP contribution in [0.5, 0.6) is 0 Å². The molecular weight excluding hydrogens is 198 g/mol. The minimum Gasteiger partial charge on any atom is -0.396 e. The summed E-state index contributed by atoms with van der Waals surface area (Å²) >= 11 is 2.03. The highest BCUT2D eigenvalue weighted by molar-refractivity contribution is 7.99. The minimum atomic E-state index is 0.0437. The average Bonchev–Trinajstić information content (AvgIpc) is 2.63. The van der Waals surface area contributed by atoms with Gasteiger partial charge in [-0.25, -0.2) is 0 Å². The summed E-state index contributed by atoms with van der Waals surface area (Å²) in [7, 11) is 2.17. The van der Waals surface area contributed by atoms with Gasteiger partial charge in [-0.05, 0) is 19.2 Å². The molecule has 0 aromatic carbocycles. The van der Waals surface area contributed by atoms with Crippen LogP contribution in [0.1, 0.15) is 6.42 Å². The molecule has 3 nitrogen and oxygen atoms in total. The monoisotopic (exact) mass is 217 g/mol. The zero-order valence-corrected chi connectivity index (χ0v) is 9.55. The van der Waals surface area contributed by atoms with Crippen molar-refractivity contribution in [1.29, 1.82) is 0 Å². The van der Waals surface area contributed by atoms with Gasteiger partial charge >= 0.3 is 0 Å². The molecule has 1 unspecified atom stereocenters. The summed E-state index contributed by atoms with van der Waals surface area (Å²) in [5.41, 5.74) is 0.0437. The van der Waals surface area contributed by atoms with Gasteiger partial charge < -0.3 is 14.7 Å². The van der Waals surface area contributed by atoms with Crippen molar-refractivity contribution in [2.45, 2.75) is 12.5 Å². The third kappa shape index (κ3) is 2.08. The van der Waals surface area contributed by atoms with Gasteiger partial charge in [0.25, 0.3) is 0 Å². The molecule has 4 heteroatoms. The molecular formula is C10H19NO2S. The highest BCUT2D eigenvalue weighted by atomic mass is 32.2. The van der Waals surface area contributed by atoms with Crippen LogP contribution in [0.15, 0.2) is 0 Å². The topological polar surface area (TPSA) is 32.7 Å². The van der Waals surface area contributed by atoms with E-state index < -0.39 is 0 Å². The van der Waals surface area contributed by atoms with Gasteiger partial charge in [0.15, 0.2) is 0 Å². The summed E-state index contributed by atoms with van der Waals surface area (Å²) in [6.07, 6.45) is 1.30. The number of rotatable bonds is 4. The maximum Gasteiger partial charge on any atom is 0.0579 e. The van der Waals surface area contributed by atoms with Crippen molar-refractivity contribution in [3.05, 3.63) is 0 Å². The van der Waals surface area contributed by atoms with Gasteiger partial charge in [0.2, 0.25) is 0 Å². The molecule has 0 aliphatic carbocycles. The van der Waals surface area contributed by atoms with Crippen LogP contribution in [0.2, 0.25) is 0 Å². The van der Waals surface area contributed by atoms with E-state index in [9.17, 15) is 5.11 Å². The Morgan fingerprint density at radius 2 is 2.36 bits per heavy atom. The maximum absolute atomic E-state index is 9.32. The molecule has 2 aliphatic heterocycles. The van der Waals surface area contributed by atoms with Crippen LogP contribution in [-0.4, -0.2) is 61.0 Å². The van der Waals surface area contributed by atoms with Crippen LogP contribution in [0.25, 0.3) is 0 Å². The molecule has 0 spiro atoms. The Kier molecular flexibility index (Phi) is 3.37. The van der Waals surface area contributed by atoms with Gasteiger partial charge in [-0.15, -0.1) is 0 Å². The molecule has 2 rings (SSSR count). The smallest absolute Gasteiger partial charge is 0.0579 e. The molecule has 0 aromatic rings. The molecule has 1 N–H and O–H groups in total. The van der Waals surface area contributed by atoms with Crippen LogP contribution in [0.3, 0.4) is 0 Å². The number of hydrogen-bond acceptors (Lipinski definition) is 4. The molecule has 2 saturated heterocycles. The number of thioether (sulfide) groups is 1. The van der Waals surface area contributed by atoms with Gasteiger partial charge in [-0.1, -0.05) is 0 Å². The van der Waals surface area contributed by atoms with Crippen molar-refractivity contribution in [3.63, 3.8) is 0 Å². The highest BCUT2D eigenvalue weighted by Gasteiger charge is 2.40. The van der Waals surface area contributed by atoms with Crippen molar-refractivity contribution in [3.8, 4) is 0 Å². The summed E-state index contributed by atoms with van der Waals surface area (Å²) in [5.74, 6) is 2.54. The van der Waals surface area contributed by atoms with E-state index in [1.54, 1.807) is 0 Å². The van der Waals surface area contributed by atoms with Crippen LogP contribution in [0.4, 0.5) is 0 Å². The third-order valence-electron chi connectivity index (χ3n) is 3.27. The first-order valence-electron chi connectivity index (χ1n) is 5.22. The van der Waals surface area contributed by atoms with Crippen LogP contribution in [0, 0.1) is 5.41 Å². The third-order valence-corrected chi connectivity index (χ3v) is 4.41. The van der Waals surface area contributed by atoms with E-state index in [2.05, 4.69) is 11.9 Å². The SMILES string of the molecule is CN(CC1(CO)COC1)C1CCSC1. The fourth-order valence-electron chi connectivity index (χ4n) is 2.15. The largest absolute Gasteiger partial charge is 0.396 e. The second-order valence-corrected chi connectivity index (χ2v) is 5.73. The standard InChI is InChI=1S/C10H19NO2S/c1-11(9-2-3-14-4-9)5-10(6-12)7-13-8-10/h9,12H,2-8H2,1H3. The first-order valence-corrected chi connectivity index (χ1v) is 6.38. The Labute approximate surface area is 89.8 Å². The van der Waals surface area contributed by atoms with E-state index in [1.807, 2.05) is 11.8 Å². The lowest BCUT2D eigenvalue weighted by Gasteiger charge is -2.43. The maximum atomic E-state index is 9.32. The molecule has 0 radical (unpaired) electrons. The van der Waals surface area contributed by atoms with Gasteiger partial charge in [0.05, 0.1) is 25.2 Å². The molecule has 82 valence electrons. The van der Waals surface area contributed by atoms with Crippen LogP contribution >= 0.6 is 11.8 Å². The number of aliphatic hydroxyl groups is 1. The summed E-state index contributed by atoms with van der Waals surface area (Å²) in [5, 5.41) is 9.32. The summed E-state index contributed by atoms with van der Waals surface area (Å²) in [4.78, 5) is 2.40. The molecule has 1 atom stereocenters. The van der Waals surface area contributed by atoms with Gasteiger partial charge in [0, 0.05) is 18.3 Å². The fraction of sp³-hybridized carbons (Fsp3) is 1.00. The molecule has 2 aliphatic rings. The lowest BCUT2D eigenvalue weighted by Crippen LogP contribution is -2.54. The molecule has 2 heterocycles. The highest BCUT2D eigenvalue weighted by Crippen LogP contribution is 2.30. The summed E-state index contributed by atoms with van der Waals surface area (Å²) in [6.45, 7) is 2.70. The summed E-state index contributed by atoms with van der Waals surface area (Å²) < 4.78 is 5.20. The lowest BCUT2D eigenvalue weighted by molar-refractivity contribution is -0.148. The fourth-order valence-corrected chi connectivity index (χ4v) is 3.45. The number of nitrogens with zero attached hydrogens (tertiary/aromatic N) is 1. The molecule has 14 heavy (non-hydrogen) atoms. The number of hydrogen-bond donors (Lipinski definition) is 1. The first-order chi connectivity index (χ1) is 6.76. The van der Waals surface area contributed by atoms with Crippen LogP contribution in [-0.2, 0) is 4.74 Å². The Hall–Kier alpha value is 0.230. The van der Waals surface area contributed by atoms with E-state index in [4.69, 9.17) is 4.74 Å². The predicted octanol–water partition coefficient (Wildman–Crippen LogP) is 0.433. The first kappa shape index (κ1) is 10.7. The van der Waals surface area contributed by atoms with E-state index in [0.29, 0.717) is 6.04 Å².